The van der Waals surface area contributed by atoms with Crippen molar-refractivity contribution in [1.29, 1.82) is 0 Å². The second-order valence-electron chi connectivity index (χ2n) is 10.5. The third-order valence-electron chi connectivity index (χ3n) is 8.22. The highest BCUT2D eigenvalue weighted by molar-refractivity contribution is 6.10. The van der Waals surface area contributed by atoms with Crippen LogP contribution in [0.3, 0.4) is 0 Å². The lowest BCUT2D eigenvalue weighted by Crippen LogP contribution is -2.37. The van der Waals surface area contributed by atoms with Gasteiger partial charge in [-0.05, 0) is 99.6 Å². The van der Waals surface area contributed by atoms with Crippen molar-refractivity contribution >= 4 is 17.5 Å². The summed E-state index contributed by atoms with van der Waals surface area (Å²) < 4.78 is 0. The summed E-state index contributed by atoms with van der Waals surface area (Å²) in [6.07, 6.45) is 16.3. The molecule has 4 nitrogen and oxygen atoms in total. The number of aliphatic imine (C=N–C) groups is 1. The average molecular weight is 433 g/mol. The van der Waals surface area contributed by atoms with E-state index in [9.17, 15) is 0 Å². The summed E-state index contributed by atoms with van der Waals surface area (Å²) in [5, 5.41) is 3.43. The number of nitrogens with two attached hydrogens (primary N) is 1. The fourth-order valence-electron chi connectivity index (χ4n) is 5.79. The van der Waals surface area contributed by atoms with E-state index in [-0.39, 0.29) is 0 Å². The van der Waals surface area contributed by atoms with Crippen LogP contribution in [0.5, 0.6) is 0 Å². The Kier molecular flexibility index (Phi) is 6.41. The second kappa shape index (κ2) is 9.43. The minimum Gasteiger partial charge on any atom is -0.404 e. The average Bonchev–Trinajstić information content (AvgIpc) is 3.63. The molecule has 1 unspecified atom stereocenters. The maximum absolute atomic E-state index is 6.20. The predicted molar refractivity (Wildman–Crippen MR) is 136 cm³/mol. The standard InChI is InChI=1S/C28H40N4/c1-19-6-9-26-27(16-21-4-3-5-21)25(10-11-28(26)32(19)20(2)22-7-8-22)23(17-29)18-31-24-12-14-30-15-13-24/h10-11,17-19,21-22,24,30H,2-9,12-16,29H2,1H3. The summed E-state index contributed by atoms with van der Waals surface area (Å²) in [5.41, 5.74) is 14.4. The van der Waals surface area contributed by atoms with Gasteiger partial charge in [-0.25, -0.2) is 0 Å². The van der Waals surface area contributed by atoms with Crippen molar-refractivity contribution in [3.05, 3.63) is 47.3 Å². The van der Waals surface area contributed by atoms with Crippen molar-refractivity contribution in [3.63, 3.8) is 0 Å². The zero-order valence-electron chi connectivity index (χ0n) is 19.8. The van der Waals surface area contributed by atoms with E-state index in [2.05, 4.69) is 42.1 Å². The number of nitrogens with zero attached hydrogens (tertiary/aromatic N) is 2. The Labute approximate surface area is 194 Å². The van der Waals surface area contributed by atoms with Gasteiger partial charge in [0.1, 0.15) is 0 Å². The summed E-state index contributed by atoms with van der Waals surface area (Å²) >= 11 is 0. The van der Waals surface area contributed by atoms with Gasteiger partial charge in [-0.3, -0.25) is 4.99 Å². The first kappa shape index (κ1) is 21.8. The Balaban J connectivity index is 1.50. The largest absolute Gasteiger partial charge is 0.404 e. The number of benzene rings is 1. The molecule has 2 aliphatic heterocycles. The summed E-state index contributed by atoms with van der Waals surface area (Å²) in [5.74, 6) is 1.51. The summed E-state index contributed by atoms with van der Waals surface area (Å²) in [6, 6.07) is 5.62. The molecule has 1 atom stereocenters. The van der Waals surface area contributed by atoms with Gasteiger partial charge in [0.2, 0.25) is 0 Å². The molecule has 4 aliphatic rings. The summed E-state index contributed by atoms with van der Waals surface area (Å²) in [6.45, 7) is 9.03. The van der Waals surface area contributed by atoms with Gasteiger partial charge in [0.05, 0.1) is 6.04 Å². The lowest BCUT2D eigenvalue weighted by atomic mass is 9.76. The van der Waals surface area contributed by atoms with Gasteiger partial charge < -0.3 is 16.0 Å². The van der Waals surface area contributed by atoms with E-state index < -0.39 is 0 Å². The van der Waals surface area contributed by atoms with Crippen LogP contribution in [0.15, 0.2) is 35.6 Å². The van der Waals surface area contributed by atoms with Gasteiger partial charge in [0, 0.05) is 35.4 Å². The molecular weight excluding hydrogens is 392 g/mol. The monoisotopic (exact) mass is 432 g/mol. The van der Waals surface area contributed by atoms with E-state index in [0.717, 1.165) is 43.8 Å². The quantitative estimate of drug-likeness (QED) is 0.581. The minimum absolute atomic E-state index is 0.414. The Hall–Kier alpha value is -2.07. The van der Waals surface area contributed by atoms with Gasteiger partial charge >= 0.3 is 0 Å². The van der Waals surface area contributed by atoms with E-state index in [1.807, 2.05) is 0 Å². The van der Waals surface area contributed by atoms with Crippen LogP contribution in [0.25, 0.3) is 5.57 Å². The molecule has 2 aliphatic carbocycles. The van der Waals surface area contributed by atoms with E-state index >= 15 is 0 Å². The van der Waals surface area contributed by atoms with E-state index in [0.29, 0.717) is 18.0 Å². The van der Waals surface area contributed by atoms with Gasteiger partial charge in [0.25, 0.3) is 0 Å². The minimum atomic E-state index is 0.414. The lowest BCUT2D eigenvalue weighted by Gasteiger charge is -2.40. The highest BCUT2D eigenvalue weighted by Gasteiger charge is 2.35. The zero-order valence-corrected chi connectivity index (χ0v) is 19.8. The van der Waals surface area contributed by atoms with Crippen LogP contribution in [-0.2, 0) is 12.8 Å². The molecule has 0 amide bonds. The van der Waals surface area contributed by atoms with E-state index in [4.69, 9.17) is 10.7 Å². The zero-order chi connectivity index (χ0) is 22.1. The molecule has 0 spiro atoms. The molecule has 0 aromatic heterocycles. The number of hydrogen-bond acceptors (Lipinski definition) is 4. The van der Waals surface area contributed by atoms with E-state index in [1.54, 1.807) is 11.8 Å². The van der Waals surface area contributed by atoms with Crippen molar-refractivity contribution in [3.8, 4) is 0 Å². The third-order valence-corrected chi connectivity index (χ3v) is 8.22. The van der Waals surface area contributed by atoms with Crippen molar-refractivity contribution in [2.45, 2.75) is 83.2 Å². The van der Waals surface area contributed by atoms with Crippen LogP contribution >= 0.6 is 0 Å². The van der Waals surface area contributed by atoms with Crippen LogP contribution in [0.1, 0.15) is 75.0 Å². The van der Waals surface area contributed by atoms with Crippen molar-refractivity contribution in [2.75, 3.05) is 18.0 Å². The molecule has 2 saturated carbocycles. The second-order valence-corrected chi connectivity index (χ2v) is 10.5. The van der Waals surface area contributed by atoms with Crippen LogP contribution in [0.4, 0.5) is 5.69 Å². The Bertz CT molecular complexity index is 900. The molecule has 32 heavy (non-hydrogen) atoms. The number of allylic oxidation sites excluding steroid dienone is 2. The molecule has 0 radical (unpaired) electrons. The van der Waals surface area contributed by atoms with Gasteiger partial charge in [-0.1, -0.05) is 31.9 Å². The molecule has 1 saturated heterocycles. The molecule has 2 heterocycles. The fourth-order valence-corrected chi connectivity index (χ4v) is 5.79. The Morgan fingerprint density at radius 2 is 1.94 bits per heavy atom. The van der Waals surface area contributed by atoms with Gasteiger partial charge in [0.15, 0.2) is 0 Å². The summed E-state index contributed by atoms with van der Waals surface area (Å²) in [4.78, 5) is 7.52. The summed E-state index contributed by atoms with van der Waals surface area (Å²) in [7, 11) is 0. The van der Waals surface area contributed by atoms with Crippen molar-refractivity contribution < 1.29 is 0 Å². The highest BCUT2D eigenvalue weighted by atomic mass is 15.2. The number of piperidine rings is 1. The normalized spacial score (nSPS) is 25.1. The van der Waals surface area contributed by atoms with Crippen LogP contribution in [-0.4, -0.2) is 31.4 Å². The van der Waals surface area contributed by atoms with Crippen molar-refractivity contribution in [2.24, 2.45) is 22.6 Å². The number of rotatable bonds is 7. The first-order chi connectivity index (χ1) is 15.7. The highest BCUT2D eigenvalue weighted by Crippen LogP contribution is 2.45. The lowest BCUT2D eigenvalue weighted by molar-refractivity contribution is 0.313. The Morgan fingerprint density at radius 1 is 1.16 bits per heavy atom. The van der Waals surface area contributed by atoms with Crippen LogP contribution in [0.2, 0.25) is 0 Å². The smallest absolute Gasteiger partial charge is 0.0524 e. The van der Waals surface area contributed by atoms with E-state index in [1.165, 1.54) is 67.5 Å². The van der Waals surface area contributed by atoms with Gasteiger partial charge in [-0.15, -0.1) is 0 Å². The fraction of sp³-hybridized carbons (Fsp3) is 0.607. The molecule has 1 aromatic carbocycles. The number of anilines is 1. The van der Waals surface area contributed by atoms with Crippen molar-refractivity contribution in [1.82, 2.24) is 5.32 Å². The molecule has 1 aromatic rings. The maximum atomic E-state index is 6.20. The molecule has 4 heteroatoms. The molecule has 172 valence electrons. The predicted octanol–water partition coefficient (Wildman–Crippen LogP) is 5.22. The Morgan fingerprint density at radius 3 is 2.59 bits per heavy atom. The first-order valence-electron chi connectivity index (χ1n) is 12.9. The molecule has 3 fully saturated rings. The maximum Gasteiger partial charge on any atom is 0.0524 e. The number of hydrogen-bond donors (Lipinski definition) is 2. The van der Waals surface area contributed by atoms with Gasteiger partial charge in [-0.2, -0.15) is 0 Å². The topological polar surface area (TPSA) is 53.6 Å². The van der Waals surface area contributed by atoms with Crippen LogP contribution < -0.4 is 16.0 Å². The number of nitrogens with one attached hydrogen (secondary N) is 1. The van der Waals surface area contributed by atoms with Crippen LogP contribution in [0, 0.1) is 11.8 Å². The molecule has 0 bridgehead atoms. The molecular formula is C28H40N4. The molecule has 5 rings (SSSR count). The first-order valence-corrected chi connectivity index (χ1v) is 12.9. The SMILES string of the molecule is C=C(C1CC1)N1c2ccc(C(C=NC3CCNCC3)=CN)c(CC3CCC3)c2CCC1C. The number of fused-ring (bicyclic) bond motifs is 1. The third kappa shape index (κ3) is 4.39. The molecule has 3 N–H and O–H groups in total.